The minimum absolute atomic E-state index is 0.0169. The van der Waals surface area contributed by atoms with Gasteiger partial charge in [-0.15, -0.1) is 0 Å². The second-order valence-electron chi connectivity index (χ2n) is 11.8. The number of rotatable bonds is 10. The standard InChI is InChI=1S/C32H46N8O2/c1-4-28-31(33-21-24-7-6-14-40(22-24)30(42)5-2)36-32(29(23-41)35-28)34-25-8-10-26(11-9-25)38-15-12-27(13-16-38)39-19-17-37(3)18-20-39/h5,8-11,23-24,27H,2,4,6-7,12-22H2,1,3H3,(H2,33,34,36)/t24-/m0/s1. The summed E-state index contributed by atoms with van der Waals surface area (Å²) in [4.78, 5) is 42.9. The van der Waals surface area contributed by atoms with E-state index in [0.717, 1.165) is 50.1 Å². The Morgan fingerprint density at radius 1 is 1.00 bits per heavy atom. The number of piperazine rings is 1. The Morgan fingerprint density at radius 3 is 2.40 bits per heavy atom. The highest BCUT2D eigenvalue weighted by Gasteiger charge is 2.27. The van der Waals surface area contributed by atoms with Crippen molar-refractivity contribution in [1.82, 2.24) is 24.7 Å². The molecule has 0 saturated carbocycles. The van der Waals surface area contributed by atoms with Crippen molar-refractivity contribution >= 4 is 35.2 Å². The highest BCUT2D eigenvalue weighted by Crippen LogP contribution is 2.27. The quantitative estimate of drug-likeness (QED) is 0.326. The van der Waals surface area contributed by atoms with E-state index < -0.39 is 0 Å². The molecule has 3 aliphatic heterocycles. The number of carbonyl (C=O) groups is 2. The van der Waals surface area contributed by atoms with E-state index in [1.54, 1.807) is 0 Å². The van der Waals surface area contributed by atoms with Gasteiger partial charge in [0, 0.05) is 76.3 Å². The summed E-state index contributed by atoms with van der Waals surface area (Å²) in [5.41, 5.74) is 3.14. The van der Waals surface area contributed by atoms with Crippen molar-refractivity contribution < 1.29 is 9.59 Å². The van der Waals surface area contributed by atoms with E-state index >= 15 is 0 Å². The molecular weight excluding hydrogens is 528 g/mol. The number of aldehydes is 1. The summed E-state index contributed by atoms with van der Waals surface area (Å²) in [6.07, 6.45) is 7.21. The summed E-state index contributed by atoms with van der Waals surface area (Å²) < 4.78 is 0. The number of aryl methyl sites for hydroxylation is 1. The number of nitrogens with zero attached hydrogens (tertiary/aromatic N) is 6. The van der Waals surface area contributed by atoms with Crippen LogP contribution in [-0.4, -0.2) is 109 Å². The van der Waals surface area contributed by atoms with E-state index in [2.05, 4.69) is 56.1 Å². The predicted molar refractivity (Wildman–Crippen MR) is 169 cm³/mol. The zero-order valence-corrected chi connectivity index (χ0v) is 25.2. The van der Waals surface area contributed by atoms with E-state index in [9.17, 15) is 9.59 Å². The fraction of sp³-hybridized carbons (Fsp3) is 0.562. The number of hydrogen-bond donors (Lipinski definition) is 2. The number of piperidine rings is 2. The topological polar surface area (TPSA) is 96.9 Å². The van der Waals surface area contributed by atoms with Crippen molar-refractivity contribution in [1.29, 1.82) is 0 Å². The molecule has 0 radical (unpaired) electrons. The molecule has 3 fully saturated rings. The van der Waals surface area contributed by atoms with Gasteiger partial charge in [0.15, 0.2) is 12.1 Å². The Hall–Kier alpha value is -3.50. The Bertz CT molecular complexity index is 1220. The van der Waals surface area contributed by atoms with Crippen LogP contribution in [0.1, 0.15) is 48.8 Å². The molecule has 4 heterocycles. The van der Waals surface area contributed by atoms with E-state index in [0.29, 0.717) is 48.8 Å². The molecule has 1 amide bonds. The molecule has 10 heteroatoms. The third-order valence-corrected chi connectivity index (χ3v) is 9.02. The maximum Gasteiger partial charge on any atom is 0.245 e. The second kappa shape index (κ2) is 14.1. The summed E-state index contributed by atoms with van der Waals surface area (Å²) in [5.74, 6) is 1.42. The maximum absolute atomic E-state index is 12.1. The normalized spacial score (nSPS) is 20.8. The number of benzene rings is 1. The summed E-state index contributed by atoms with van der Waals surface area (Å²) in [6, 6.07) is 9.08. The first-order valence-corrected chi connectivity index (χ1v) is 15.5. The van der Waals surface area contributed by atoms with E-state index in [4.69, 9.17) is 4.98 Å². The molecule has 1 aromatic heterocycles. The first kappa shape index (κ1) is 30.0. The van der Waals surface area contributed by atoms with Gasteiger partial charge in [-0.1, -0.05) is 13.5 Å². The molecule has 3 saturated heterocycles. The number of amides is 1. The van der Waals surface area contributed by atoms with Crippen molar-refractivity contribution in [3.8, 4) is 0 Å². The largest absolute Gasteiger partial charge is 0.371 e. The lowest BCUT2D eigenvalue weighted by Gasteiger charge is -2.42. The van der Waals surface area contributed by atoms with Crippen molar-refractivity contribution in [3.63, 3.8) is 0 Å². The number of nitrogens with one attached hydrogen (secondary N) is 2. The molecule has 42 heavy (non-hydrogen) atoms. The van der Waals surface area contributed by atoms with Gasteiger partial charge in [0.2, 0.25) is 5.91 Å². The summed E-state index contributed by atoms with van der Waals surface area (Å²) in [6.45, 7) is 14.6. The van der Waals surface area contributed by atoms with Crippen LogP contribution in [-0.2, 0) is 11.2 Å². The molecule has 3 aliphatic rings. The van der Waals surface area contributed by atoms with Crippen LogP contribution in [0.5, 0.6) is 0 Å². The first-order valence-electron chi connectivity index (χ1n) is 15.5. The van der Waals surface area contributed by atoms with Crippen LogP contribution in [0.2, 0.25) is 0 Å². The van der Waals surface area contributed by atoms with Gasteiger partial charge in [0.25, 0.3) is 0 Å². The number of aromatic nitrogens is 2. The van der Waals surface area contributed by atoms with Crippen molar-refractivity contribution in [2.75, 3.05) is 81.5 Å². The highest BCUT2D eigenvalue weighted by molar-refractivity contribution is 5.87. The lowest BCUT2D eigenvalue weighted by Crippen LogP contribution is -2.52. The smallest absolute Gasteiger partial charge is 0.245 e. The van der Waals surface area contributed by atoms with Crippen molar-refractivity contribution in [3.05, 3.63) is 48.3 Å². The third kappa shape index (κ3) is 7.28. The fourth-order valence-electron chi connectivity index (χ4n) is 6.42. The van der Waals surface area contributed by atoms with Crippen LogP contribution >= 0.6 is 0 Å². The summed E-state index contributed by atoms with van der Waals surface area (Å²) >= 11 is 0. The molecule has 10 nitrogen and oxygen atoms in total. The lowest BCUT2D eigenvalue weighted by atomic mass is 9.98. The minimum atomic E-state index is -0.0169. The second-order valence-corrected chi connectivity index (χ2v) is 11.8. The molecule has 0 spiro atoms. The molecule has 1 aromatic carbocycles. The van der Waals surface area contributed by atoms with Crippen LogP contribution in [0.15, 0.2) is 36.9 Å². The number of hydrogen-bond acceptors (Lipinski definition) is 9. The monoisotopic (exact) mass is 574 g/mol. The van der Waals surface area contributed by atoms with E-state index in [-0.39, 0.29) is 5.91 Å². The number of likely N-dealkylation sites (tertiary alicyclic amines) is 1. The van der Waals surface area contributed by atoms with Gasteiger partial charge >= 0.3 is 0 Å². The molecular formula is C32H46N8O2. The van der Waals surface area contributed by atoms with E-state index in [1.165, 1.54) is 50.8 Å². The lowest BCUT2D eigenvalue weighted by molar-refractivity contribution is -0.127. The summed E-state index contributed by atoms with van der Waals surface area (Å²) in [5, 5.41) is 6.79. The molecule has 1 atom stereocenters. The van der Waals surface area contributed by atoms with Gasteiger partial charge in [-0.2, -0.15) is 0 Å². The zero-order valence-electron chi connectivity index (χ0n) is 25.2. The van der Waals surface area contributed by atoms with Gasteiger partial charge in [-0.05, 0) is 75.4 Å². The molecule has 0 unspecified atom stereocenters. The Labute approximate surface area is 250 Å². The van der Waals surface area contributed by atoms with Crippen molar-refractivity contribution in [2.24, 2.45) is 5.92 Å². The Kier molecular flexibility index (Phi) is 10.1. The third-order valence-electron chi connectivity index (χ3n) is 9.02. The van der Waals surface area contributed by atoms with Gasteiger partial charge in [0.05, 0.1) is 5.69 Å². The first-order chi connectivity index (χ1) is 20.5. The molecule has 2 aromatic rings. The SMILES string of the molecule is C=CC(=O)N1CCC[C@@H](CNc2nc(Nc3ccc(N4CCC(N5CCN(C)CC5)CC4)cc3)c(C=O)nc2CC)C1. The summed E-state index contributed by atoms with van der Waals surface area (Å²) in [7, 11) is 2.21. The molecule has 5 rings (SSSR count). The van der Waals surface area contributed by atoms with Crippen LogP contribution in [0.4, 0.5) is 23.0 Å². The van der Waals surface area contributed by atoms with Crippen LogP contribution < -0.4 is 15.5 Å². The maximum atomic E-state index is 12.1. The molecule has 0 aliphatic carbocycles. The molecule has 226 valence electrons. The van der Waals surface area contributed by atoms with Gasteiger partial charge in [0.1, 0.15) is 11.5 Å². The molecule has 0 bridgehead atoms. The van der Waals surface area contributed by atoms with Gasteiger partial charge in [-0.3, -0.25) is 14.5 Å². The molecule has 2 N–H and O–H groups in total. The average molecular weight is 575 g/mol. The Balaban J connectivity index is 1.20. The van der Waals surface area contributed by atoms with Crippen LogP contribution in [0, 0.1) is 5.92 Å². The van der Waals surface area contributed by atoms with Crippen molar-refractivity contribution in [2.45, 2.75) is 45.1 Å². The zero-order chi connectivity index (χ0) is 29.5. The van der Waals surface area contributed by atoms with Crippen LogP contribution in [0.25, 0.3) is 0 Å². The number of likely N-dealkylation sites (N-methyl/N-ethyl adjacent to an activating group) is 1. The van der Waals surface area contributed by atoms with Gasteiger partial charge < -0.3 is 25.3 Å². The van der Waals surface area contributed by atoms with Gasteiger partial charge in [-0.25, -0.2) is 9.97 Å². The average Bonchev–Trinajstić information content (AvgIpc) is 3.04. The highest BCUT2D eigenvalue weighted by atomic mass is 16.2. The number of anilines is 4. The Morgan fingerprint density at radius 2 is 1.74 bits per heavy atom. The van der Waals surface area contributed by atoms with E-state index in [1.807, 2.05) is 24.0 Å². The number of carbonyl (C=O) groups excluding carboxylic acids is 2. The van der Waals surface area contributed by atoms with Crippen LogP contribution in [0.3, 0.4) is 0 Å². The predicted octanol–water partition coefficient (Wildman–Crippen LogP) is 3.65. The fourth-order valence-corrected chi connectivity index (χ4v) is 6.42. The minimum Gasteiger partial charge on any atom is -0.371 e.